The lowest BCUT2D eigenvalue weighted by Crippen LogP contribution is -2.30. The van der Waals surface area contributed by atoms with Gasteiger partial charge in [0.15, 0.2) is 0 Å². The van der Waals surface area contributed by atoms with E-state index in [2.05, 4.69) is 194 Å². The van der Waals surface area contributed by atoms with E-state index < -0.39 is 10.8 Å². The minimum Gasteiger partial charge on any atom is -0.192 e. The highest BCUT2D eigenvalue weighted by atomic mass is 32.1. The van der Waals surface area contributed by atoms with E-state index in [-0.39, 0.29) is 11.1 Å². The van der Waals surface area contributed by atoms with Crippen LogP contribution in [0.15, 0.2) is 193 Å². The number of allylic oxidation sites excluding steroid dienone is 2. The predicted octanol–water partition coefficient (Wildman–Crippen LogP) is 19.4. The summed E-state index contributed by atoms with van der Waals surface area (Å²) in [6.07, 6.45) is 3.16. The lowest BCUT2D eigenvalue weighted by molar-refractivity contribution is 0.759. The van der Waals surface area contributed by atoms with Gasteiger partial charge in [-0.3, -0.25) is 0 Å². The minimum atomic E-state index is -0.738. The van der Waals surface area contributed by atoms with E-state index in [1.807, 2.05) is 59.9 Å². The van der Waals surface area contributed by atoms with Crippen LogP contribution in [-0.2, 0) is 10.8 Å². The molecule has 0 atom stereocenters. The Morgan fingerprint density at radius 3 is 1.22 bits per heavy atom. The molecule has 410 valence electrons. The Labute approximate surface area is 522 Å². The van der Waals surface area contributed by atoms with Crippen molar-refractivity contribution < 1.29 is 0 Å². The van der Waals surface area contributed by atoms with Crippen LogP contribution in [0.2, 0.25) is 0 Å². The maximum atomic E-state index is 9.58. The van der Waals surface area contributed by atoms with Crippen molar-refractivity contribution in [2.75, 3.05) is 0 Å². The first-order chi connectivity index (χ1) is 42.5. The third-order valence-corrected chi connectivity index (χ3v) is 22.0. The number of nitrogens with zero attached hydrogens (tertiary/aromatic N) is 8. The standard InChI is InChI=1S/C74H44N8S5/c1-41-5-16-50(17-6-41)73(51-18-7-42(2)8-19-51)59-33-47(63-27-28-64(83-63)55-25-14-48(31-45(37-75)38-76)68-70(55)81-86-79-68)13-24-54(59)57-34-61-58(35-60(57)73)72-62(74(61,52-20-9-43(3)10-21-52)53-22-11-44(4)12-23-53)36-67(85-72)66-30-29-65(84-66)56-26-15-49(32-46(39-77)40-78)69-71(56)82-87-80-69/h5-36H,1-4H3. The number of hydrogen-bond donors (Lipinski definition) is 0. The first-order valence-corrected chi connectivity index (χ1v) is 32.0. The minimum absolute atomic E-state index is 0.0133. The molecule has 87 heavy (non-hydrogen) atoms. The van der Waals surface area contributed by atoms with Crippen LogP contribution >= 0.6 is 57.5 Å². The summed E-state index contributed by atoms with van der Waals surface area (Å²) in [5.41, 5.74) is 23.9. The van der Waals surface area contributed by atoms with Gasteiger partial charge in [-0.15, -0.1) is 34.0 Å². The van der Waals surface area contributed by atoms with Gasteiger partial charge in [-0.05, 0) is 155 Å². The van der Waals surface area contributed by atoms with Crippen molar-refractivity contribution in [1.82, 2.24) is 17.5 Å². The Bertz CT molecular complexity index is 5130. The largest absolute Gasteiger partial charge is 0.192 e. The van der Waals surface area contributed by atoms with Crippen molar-refractivity contribution >= 4 is 91.7 Å². The van der Waals surface area contributed by atoms with Gasteiger partial charge >= 0.3 is 0 Å². The number of hydrogen-bond acceptors (Lipinski definition) is 13. The second kappa shape index (κ2) is 20.9. The maximum Gasteiger partial charge on any atom is 0.130 e. The highest BCUT2D eigenvalue weighted by Gasteiger charge is 2.52. The molecule has 13 heteroatoms. The van der Waals surface area contributed by atoms with Crippen molar-refractivity contribution in [3.63, 3.8) is 0 Å². The van der Waals surface area contributed by atoms with Crippen LogP contribution in [0.1, 0.15) is 77.9 Å². The number of aryl methyl sites for hydroxylation is 4. The Kier molecular flexibility index (Phi) is 12.9. The zero-order chi connectivity index (χ0) is 59.3. The van der Waals surface area contributed by atoms with Crippen molar-refractivity contribution in [2.24, 2.45) is 0 Å². The molecule has 0 saturated carbocycles. The van der Waals surface area contributed by atoms with E-state index in [9.17, 15) is 21.0 Å². The molecule has 15 rings (SSSR count). The molecule has 8 aromatic carbocycles. The summed E-state index contributed by atoms with van der Waals surface area (Å²) in [6, 6.07) is 76.0. The summed E-state index contributed by atoms with van der Waals surface area (Å²) in [7, 11) is 0. The maximum absolute atomic E-state index is 9.58. The Morgan fingerprint density at radius 2 is 0.736 bits per heavy atom. The lowest BCUT2D eigenvalue weighted by Gasteiger charge is -2.36. The molecule has 0 amide bonds. The van der Waals surface area contributed by atoms with E-state index in [1.54, 1.807) is 34.8 Å². The summed E-state index contributed by atoms with van der Waals surface area (Å²) in [5, 5.41) is 38.3. The van der Waals surface area contributed by atoms with E-state index in [0.29, 0.717) is 22.2 Å². The van der Waals surface area contributed by atoms with Gasteiger partial charge in [-0.1, -0.05) is 156 Å². The molecule has 0 saturated heterocycles. The molecule has 0 aliphatic heterocycles. The SMILES string of the molecule is Cc1ccc(C2(c3ccc(C)cc3)c3cc(-c4ccc(-c5ccc(C=C(C#N)C#N)c6nsnc56)s4)ccc3-c3cc4c(cc32)-c2sc(-c3ccc(-c5ccc(C=C(C#N)C#N)c6nsnc56)s3)cc2C4(c2ccc(C)cc2)c2ccc(C)cc2)cc1. The molecule has 0 fully saturated rings. The quantitative estimate of drug-likeness (QED) is 0.123. The van der Waals surface area contributed by atoms with Crippen molar-refractivity contribution in [1.29, 1.82) is 21.0 Å². The summed E-state index contributed by atoms with van der Waals surface area (Å²) in [6.45, 7) is 8.63. The molecule has 0 spiro atoms. The summed E-state index contributed by atoms with van der Waals surface area (Å²) >= 11 is 7.56. The molecule has 0 N–H and O–H groups in total. The molecule has 5 heterocycles. The molecule has 8 nitrogen and oxygen atoms in total. The van der Waals surface area contributed by atoms with Gasteiger partial charge in [0.05, 0.1) is 34.3 Å². The summed E-state index contributed by atoms with van der Waals surface area (Å²) < 4.78 is 18.7. The summed E-state index contributed by atoms with van der Waals surface area (Å²) in [4.78, 5) is 6.75. The number of rotatable bonds is 10. The first kappa shape index (κ1) is 53.7. The fraction of sp³-hybridized carbons (Fsp3) is 0.0811. The average Bonchev–Trinajstić information content (AvgIpc) is 1.53. The number of thiophene rings is 3. The van der Waals surface area contributed by atoms with Crippen molar-refractivity contribution in [2.45, 2.75) is 38.5 Å². The van der Waals surface area contributed by atoms with Crippen LogP contribution in [-0.4, -0.2) is 17.5 Å². The fourth-order valence-electron chi connectivity index (χ4n) is 13.1. The topological polar surface area (TPSA) is 147 Å². The fourth-order valence-corrected chi connectivity index (χ4v) is 17.6. The van der Waals surface area contributed by atoms with Crippen LogP contribution < -0.4 is 0 Å². The molecule has 2 aliphatic carbocycles. The highest BCUT2D eigenvalue weighted by Crippen LogP contribution is 2.65. The monoisotopic (exact) mass is 1200 g/mol. The number of aromatic nitrogens is 4. The third kappa shape index (κ3) is 8.35. The zero-order valence-electron chi connectivity index (χ0n) is 47.1. The lowest BCUT2D eigenvalue weighted by atomic mass is 9.65. The molecule has 5 aromatic heterocycles. The molecule has 0 radical (unpaired) electrons. The Balaban J connectivity index is 0.952. The van der Waals surface area contributed by atoms with E-state index >= 15 is 0 Å². The van der Waals surface area contributed by atoms with E-state index in [1.165, 1.54) is 93.2 Å². The zero-order valence-corrected chi connectivity index (χ0v) is 51.2. The smallest absolute Gasteiger partial charge is 0.130 e. The molecular weight excluding hydrogens is 1160 g/mol. The predicted molar refractivity (Wildman–Crippen MR) is 356 cm³/mol. The second-order valence-electron chi connectivity index (χ2n) is 22.2. The first-order valence-electron chi connectivity index (χ1n) is 28.0. The van der Waals surface area contributed by atoms with Gasteiger partial charge < -0.3 is 0 Å². The van der Waals surface area contributed by atoms with Gasteiger partial charge in [-0.2, -0.15) is 38.5 Å². The number of nitriles is 4. The molecular formula is C74H44N8S5. The van der Waals surface area contributed by atoms with Crippen molar-refractivity contribution in [3.8, 4) is 86.9 Å². The van der Waals surface area contributed by atoms with Crippen LogP contribution in [0.25, 0.3) is 96.9 Å². The van der Waals surface area contributed by atoms with Crippen LogP contribution in [0.5, 0.6) is 0 Å². The molecule has 2 aliphatic rings. The number of fused-ring (bicyclic) bond motifs is 8. The van der Waals surface area contributed by atoms with Gasteiger partial charge in [0.25, 0.3) is 0 Å². The molecule has 0 unspecified atom stereocenters. The average molecular weight is 1210 g/mol. The van der Waals surface area contributed by atoms with Gasteiger partial charge in [0.2, 0.25) is 0 Å². The van der Waals surface area contributed by atoms with Gasteiger partial charge in [-0.25, -0.2) is 0 Å². The van der Waals surface area contributed by atoms with E-state index in [0.717, 1.165) is 70.7 Å². The molecule has 0 bridgehead atoms. The van der Waals surface area contributed by atoms with Crippen LogP contribution in [0.3, 0.4) is 0 Å². The van der Waals surface area contributed by atoms with Crippen LogP contribution in [0.4, 0.5) is 0 Å². The highest BCUT2D eigenvalue weighted by molar-refractivity contribution is 7.25. The van der Waals surface area contributed by atoms with Crippen molar-refractivity contribution in [3.05, 3.63) is 271 Å². The summed E-state index contributed by atoms with van der Waals surface area (Å²) in [5.74, 6) is 0. The van der Waals surface area contributed by atoms with Crippen LogP contribution in [0, 0.1) is 73.0 Å². The Hall–Kier alpha value is -10.1. The van der Waals surface area contributed by atoms with Gasteiger partial charge in [0, 0.05) is 51.5 Å². The molecule has 13 aromatic rings. The van der Waals surface area contributed by atoms with Gasteiger partial charge in [0.1, 0.15) is 57.5 Å². The number of benzene rings is 8. The van der Waals surface area contributed by atoms with E-state index in [4.69, 9.17) is 8.75 Å². The second-order valence-corrected chi connectivity index (χ2v) is 26.5. The third-order valence-electron chi connectivity index (χ3n) is 17.2. The normalized spacial score (nSPS) is 13.0. The Morgan fingerprint density at radius 1 is 0.345 bits per heavy atom.